The number of hydrogen-bond donors (Lipinski definition) is 2. The Morgan fingerprint density at radius 2 is 1.46 bits per heavy atom. The average molecular weight is 429 g/mol. The van der Waals surface area contributed by atoms with E-state index in [0.29, 0.717) is 13.2 Å². The summed E-state index contributed by atoms with van der Waals surface area (Å²) in [7, 11) is 0. The number of unbranched alkanes of at least 4 members (excludes halogenated alkanes) is 6. The number of aliphatic hydroxyl groups excluding tert-OH is 2. The number of hydrogen-bond acceptors (Lipinski definition) is 8. The highest BCUT2D eigenvalue weighted by atomic mass is 32.1. The molecule has 0 aromatic carbocycles. The van der Waals surface area contributed by atoms with Crippen molar-refractivity contribution in [2.75, 3.05) is 33.0 Å². The van der Waals surface area contributed by atoms with Crippen LogP contribution in [0.3, 0.4) is 0 Å². The van der Waals surface area contributed by atoms with Gasteiger partial charge in [-0.25, -0.2) is 4.79 Å². The minimum absolute atomic E-state index is 0. The number of ether oxygens (including phenoxy) is 3. The molecule has 0 bridgehead atoms. The molecule has 1 saturated heterocycles. The highest BCUT2D eigenvalue weighted by molar-refractivity contribution is 7.59. The van der Waals surface area contributed by atoms with E-state index in [-0.39, 0.29) is 26.3 Å². The molecule has 0 aromatic heterocycles. The fraction of sp³-hybridized carbons (Fsp3) is 0.895. The molecule has 0 amide bonds. The zero-order valence-corrected chi connectivity index (χ0v) is 18.6. The molecule has 8 nitrogen and oxygen atoms in total. The van der Waals surface area contributed by atoms with E-state index >= 15 is 0 Å². The Morgan fingerprint density at radius 3 is 1.82 bits per heavy atom. The Kier molecular flexibility index (Phi) is 41.1. The lowest BCUT2D eigenvalue weighted by molar-refractivity contribution is -0.191. The van der Waals surface area contributed by atoms with Crippen LogP contribution in [0.15, 0.2) is 0 Å². The van der Waals surface area contributed by atoms with E-state index in [2.05, 4.69) is 23.3 Å². The molecular weight excluding hydrogens is 388 g/mol. The summed E-state index contributed by atoms with van der Waals surface area (Å²) in [5.41, 5.74) is 0. The van der Waals surface area contributed by atoms with Gasteiger partial charge in [-0.05, 0) is 19.8 Å². The SMILES string of the molecule is C1CO1.CCCCCCO.CCCCCCOC(=O)OCC(C)O.O=C=O.S. The number of aliphatic hydroxyl groups is 2. The van der Waals surface area contributed by atoms with Gasteiger partial charge in [-0.1, -0.05) is 52.4 Å². The molecule has 9 heteroatoms. The molecule has 170 valence electrons. The van der Waals surface area contributed by atoms with Crippen molar-refractivity contribution >= 4 is 25.8 Å². The van der Waals surface area contributed by atoms with Gasteiger partial charge in [-0.2, -0.15) is 23.1 Å². The van der Waals surface area contributed by atoms with Gasteiger partial charge in [-0.3, -0.25) is 0 Å². The molecule has 1 aliphatic rings. The third-order valence-corrected chi connectivity index (χ3v) is 2.88. The molecule has 0 radical (unpaired) electrons. The van der Waals surface area contributed by atoms with Crippen LogP contribution < -0.4 is 0 Å². The fourth-order valence-electron chi connectivity index (χ4n) is 1.45. The first-order valence-corrected chi connectivity index (χ1v) is 9.65. The van der Waals surface area contributed by atoms with Gasteiger partial charge >= 0.3 is 12.3 Å². The second-order valence-electron chi connectivity index (χ2n) is 5.80. The topological polar surface area (TPSA) is 123 Å². The molecule has 1 atom stereocenters. The monoisotopic (exact) mass is 428 g/mol. The van der Waals surface area contributed by atoms with E-state index in [1.807, 2.05) is 0 Å². The van der Waals surface area contributed by atoms with Crippen LogP contribution in [0.5, 0.6) is 0 Å². The standard InChI is InChI=1S/C10H20O4.C6H14O.C2H4O.CO2.H2S/c1-3-4-5-6-7-13-10(12)14-8-9(2)11;1-2-3-4-5-6-7;1-2-3-1;2-1-3;/h9,11H,3-8H2,1-2H3;7H,2-6H2,1H3;1-2H2;;1H2. The molecule has 0 aliphatic carbocycles. The van der Waals surface area contributed by atoms with Crippen molar-refractivity contribution < 1.29 is 38.8 Å². The smallest absolute Gasteiger partial charge is 0.434 e. The lowest BCUT2D eigenvalue weighted by Crippen LogP contribution is -2.16. The Balaban J connectivity index is -0.000000170. The summed E-state index contributed by atoms with van der Waals surface area (Å²) in [5, 5.41) is 17.1. The number of carbonyl (C=O) groups is 1. The van der Waals surface area contributed by atoms with E-state index in [4.69, 9.17) is 24.5 Å². The summed E-state index contributed by atoms with van der Waals surface area (Å²) in [6, 6.07) is 0. The number of epoxide rings is 1. The Hall–Kier alpha value is -1.12. The summed E-state index contributed by atoms with van der Waals surface area (Å²) in [4.78, 5) is 27.1. The van der Waals surface area contributed by atoms with Crippen LogP contribution in [0.1, 0.15) is 72.1 Å². The molecule has 1 aliphatic heterocycles. The van der Waals surface area contributed by atoms with Gasteiger partial charge in [-0.15, -0.1) is 0 Å². The van der Waals surface area contributed by atoms with Gasteiger partial charge in [0.1, 0.15) is 6.61 Å². The summed E-state index contributed by atoms with van der Waals surface area (Å²) in [6.45, 7) is 8.59. The number of rotatable bonds is 11. The summed E-state index contributed by atoms with van der Waals surface area (Å²) in [5.74, 6) is 0. The van der Waals surface area contributed by atoms with Gasteiger partial charge in [0.15, 0.2) is 0 Å². The van der Waals surface area contributed by atoms with Crippen LogP contribution >= 0.6 is 13.5 Å². The summed E-state index contributed by atoms with van der Waals surface area (Å²) in [6.07, 6.45) is 7.86. The van der Waals surface area contributed by atoms with Gasteiger partial charge in [0.05, 0.1) is 25.9 Å². The maximum atomic E-state index is 10.8. The molecule has 1 rings (SSSR count). The van der Waals surface area contributed by atoms with Crippen LogP contribution in [-0.4, -0.2) is 61.7 Å². The van der Waals surface area contributed by atoms with Crippen LogP contribution in [0.25, 0.3) is 0 Å². The fourth-order valence-corrected chi connectivity index (χ4v) is 1.45. The zero-order chi connectivity index (χ0) is 21.2. The van der Waals surface area contributed by atoms with Crippen LogP contribution in [0.2, 0.25) is 0 Å². The normalized spacial score (nSPS) is 11.3. The van der Waals surface area contributed by atoms with Gasteiger partial charge in [0, 0.05) is 6.61 Å². The maximum Gasteiger partial charge on any atom is 0.508 e. The molecule has 0 saturated carbocycles. The summed E-state index contributed by atoms with van der Waals surface area (Å²) < 4.78 is 13.9. The first-order valence-electron chi connectivity index (χ1n) is 9.65. The Bertz CT molecular complexity index is 312. The van der Waals surface area contributed by atoms with Crippen molar-refractivity contribution in [1.82, 2.24) is 0 Å². The van der Waals surface area contributed by atoms with Crippen molar-refractivity contribution in [1.29, 1.82) is 0 Å². The predicted molar refractivity (Wildman–Crippen MR) is 111 cm³/mol. The highest BCUT2D eigenvalue weighted by Gasteiger charge is 2.05. The molecule has 0 aromatic rings. The van der Waals surface area contributed by atoms with E-state index in [9.17, 15) is 4.79 Å². The lowest BCUT2D eigenvalue weighted by atomic mass is 10.2. The minimum atomic E-state index is -0.692. The van der Waals surface area contributed by atoms with Gasteiger partial charge in [0.2, 0.25) is 0 Å². The quantitative estimate of drug-likeness (QED) is 0.292. The third-order valence-electron chi connectivity index (χ3n) is 2.88. The maximum absolute atomic E-state index is 10.8. The Morgan fingerprint density at radius 1 is 1.00 bits per heavy atom. The van der Waals surface area contributed by atoms with Crippen LogP contribution in [-0.2, 0) is 23.8 Å². The molecule has 28 heavy (non-hydrogen) atoms. The zero-order valence-electron chi connectivity index (χ0n) is 17.6. The molecular formula is C19H40O8S. The second kappa shape index (κ2) is 33.5. The Labute approximate surface area is 176 Å². The molecule has 1 heterocycles. The van der Waals surface area contributed by atoms with E-state index in [0.717, 1.165) is 45.3 Å². The third kappa shape index (κ3) is 56.3. The first kappa shape index (κ1) is 34.4. The minimum Gasteiger partial charge on any atom is -0.434 e. The molecule has 1 unspecified atom stereocenters. The second-order valence-corrected chi connectivity index (χ2v) is 5.80. The van der Waals surface area contributed by atoms with Gasteiger partial charge in [0.25, 0.3) is 0 Å². The predicted octanol–water partition coefficient (Wildman–Crippen LogP) is 3.21. The lowest BCUT2D eigenvalue weighted by Gasteiger charge is -2.07. The largest absolute Gasteiger partial charge is 0.508 e. The van der Waals surface area contributed by atoms with Crippen molar-refractivity contribution in [3.05, 3.63) is 0 Å². The molecule has 0 spiro atoms. The van der Waals surface area contributed by atoms with E-state index < -0.39 is 12.3 Å². The average Bonchev–Trinajstić information content (AvgIpc) is 3.51. The van der Waals surface area contributed by atoms with Gasteiger partial charge < -0.3 is 24.4 Å². The van der Waals surface area contributed by atoms with Crippen molar-refractivity contribution in [2.24, 2.45) is 0 Å². The van der Waals surface area contributed by atoms with Crippen molar-refractivity contribution in [3.63, 3.8) is 0 Å². The summed E-state index contributed by atoms with van der Waals surface area (Å²) >= 11 is 0. The highest BCUT2D eigenvalue weighted by Crippen LogP contribution is 1.99. The van der Waals surface area contributed by atoms with Crippen molar-refractivity contribution in [2.45, 2.75) is 78.2 Å². The number of carbonyl (C=O) groups excluding carboxylic acids is 3. The van der Waals surface area contributed by atoms with Crippen LogP contribution in [0.4, 0.5) is 4.79 Å². The van der Waals surface area contributed by atoms with E-state index in [1.54, 1.807) is 6.92 Å². The first-order chi connectivity index (χ1) is 13.0. The molecule has 1 fully saturated rings. The van der Waals surface area contributed by atoms with E-state index in [1.165, 1.54) is 19.3 Å². The molecule has 2 N–H and O–H groups in total. The van der Waals surface area contributed by atoms with Crippen molar-refractivity contribution in [3.8, 4) is 0 Å². The van der Waals surface area contributed by atoms with Crippen LogP contribution in [0, 0.1) is 0 Å².